The number of hydrogen-bond donors (Lipinski definition) is 1. The summed E-state index contributed by atoms with van der Waals surface area (Å²) in [5.41, 5.74) is 6.33. The summed E-state index contributed by atoms with van der Waals surface area (Å²) in [5.74, 6) is -0.714. The molecule has 2 rings (SSSR count). The number of pyridine rings is 2. The van der Waals surface area contributed by atoms with Crippen molar-refractivity contribution in [3.8, 4) is 11.4 Å². The van der Waals surface area contributed by atoms with Crippen molar-refractivity contribution in [3.05, 3.63) is 39.1 Å². The SMILES string of the molecule is COC(=O)c1nc(-c2ccc(Cl)cn2)c(Cl)c(N)c1Cl. The van der Waals surface area contributed by atoms with Crippen LogP contribution in [0.15, 0.2) is 18.3 Å². The minimum absolute atomic E-state index is 0.0375. The Bertz CT molecular complexity index is 675. The molecule has 0 saturated carbocycles. The molecule has 0 amide bonds. The number of aromatic nitrogens is 2. The highest BCUT2D eigenvalue weighted by Crippen LogP contribution is 2.36. The molecule has 0 aliphatic carbocycles. The van der Waals surface area contributed by atoms with Crippen molar-refractivity contribution in [1.82, 2.24) is 9.97 Å². The molecular weight excluding hydrogens is 325 g/mol. The number of carbonyl (C=O) groups excluding carboxylic acids is 1. The van der Waals surface area contributed by atoms with Crippen molar-refractivity contribution >= 4 is 46.5 Å². The number of ether oxygens (including phenoxy) is 1. The summed E-state index contributed by atoms with van der Waals surface area (Å²) < 4.78 is 4.60. The maximum absolute atomic E-state index is 11.6. The van der Waals surface area contributed by atoms with Gasteiger partial charge in [0.25, 0.3) is 0 Å². The summed E-state index contributed by atoms with van der Waals surface area (Å²) in [6.45, 7) is 0. The van der Waals surface area contributed by atoms with Crippen LogP contribution in [0.4, 0.5) is 5.69 Å². The van der Waals surface area contributed by atoms with E-state index in [0.29, 0.717) is 10.7 Å². The van der Waals surface area contributed by atoms with Gasteiger partial charge in [-0.05, 0) is 12.1 Å². The number of carbonyl (C=O) groups is 1. The monoisotopic (exact) mass is 331 g/mol. The van der Waals surface area contributed by atoms with Crippen LogP contribution in [0, 0.1) is 0 Å². The van der Waals surface area contributed by atoms with Crippen LogP contribution in [0.1, 0.15) is 10.5 Å². The van der Waals surface area contributed by atoms with Gasteiger partial charge in [-0.3, -0.25) is 4.98 Å². The van der Waals surface area contributed by atoms with Crippen LogP contribution in [0.3, 0.4) is 0 Å². The Morgan fingerprint density at radius 1 is 1.25 bits per heavy atom. The number of nitrogens with zero attached hydrogens (tertiary/aromatic N) is 2. The van der Waals surface area contributed by atoms with E-state index in [0.717, 1.165) is 0 Å². The van der Waals surface area contributed by atoms with Crippen LogP contribution in [-0.4, -0.2) is 23.0 Å². The zero-order valence-corrected chi connectivity index (χ0v) is 12.4. The van der Waals surface area contributed by atoms with Crippen molar-refractivity contribution in [2.75, 3.05) is 12.8 Å². The van der Waals surface area contributed by atoms with E-state index in [9.17, 15) is 4.79 Å². The van der Waals surface area contributed by atoms with Crippen molar-refractivity contribution < 1.29 is 9.53 Å². The maximum Gasteiger partial charge on any atom is 0.358 e. The topological polar surface area (TPSA) is 78.1 Å². The predicted octanol–water partition coefficient (Wildman–Crippen LogP) is 3.47. The van der Waals surface area contributed by atoms with E-state index < -0.39 is 5.97 Å². The molecule has 2 heterocycles. The van der Waals surface area contributed by atoms with E-state index in [4.69, 9.17) is 40.5 Å². The molecule has 0 saturated heterocycles. The van der Waals surface area contributed by atoms with Crippen molar-refractivity contribution in [2.24, 2.45) is 0 Å². The molecule has 8 heteroatoms. The number of esters is 1. The Labute approximate surface area is 129 Å². The first kappa shape index (κ1) is 14.8. The van der Waals surface area contributed by atoms with Crippen LogP contribution >= 0.6 is 34.8 Å². The van der Waals surface area contributed by atoms with Gasteiger partial charge in [0.05, 0.1) is 33.6 Å². The highest BCUT2D eigenvalue weighted by atomic mass is 35.5. The lowest BCUT2D eigenvalue weighted by atomic mass is 10.2. The van der Waals surface area contributed by atoms with Crippen LogP contribution in [0.5, 0.6) is 0 Å². The van der Waals surface area contributed by atoms with Crippen LogP contribution in [-0.2, 0) is 4.74 Å². The number of hydrogen-bond acceptors (Lipinski definition) is 5. The summed E-state index contributed by atoms with van der Waals surface area (Å²) in [7, 11) is 1.21. The molecule has 5 nitrogen and oxygen atoms in total. The van der Waals surface area contributed by atoms with Gasteiger partial charge >= 0.3 is 5.97 Å². The average Bonchev–Trinajstić information content (AvgIpc) is 2.45. The zero-order valence-electron chi connectivity index (χ0n) is 10.2. The lowest BCUT2D eigenvalue weighted by molar-refractivity contribution is 0.0594. The van der Waals surface area contributed by atoms with Crippen molar-refractivity contribution in [2.45, 2.75) is 0 Å². The number of halogens is 3. The van der Waals surface area contributed by atoms with E-state index in [1.54, 1.807) is 12.1 Å². The lowest BCUT2D eigenvalue weighted by Gasteiger charge is -2.10. The molecule has 0 atom stereocenters. The predicted molar refractivity (Wildman–Crippen MR) is 78.2 cm³/mol. The largest absolute Gasteiger partial charge is 0.464 e. The van der Waals surface area contributed by atoms with Crippen molar-refractivity contribution in [1.29, 1.82) is 0 Å². The first-order valence-electron chi connectivity index (χ1n) is 5.30. The van der Waals surface area contributed by atoms with E-state index in [-0.39, 0.29) is 27.1 Å². The second kappa shape index (κ2) is 5.83. The van der Waals surface area contributed by atoms with E-state index in [1.807, 2.05) is 0 Å². The zero-order chi connectivity index (χ0) is 14.9. The van der Waals surface area contributed by atoms with Crippen LogP contribution in [0.25, 0.3) is 11.4 Å². The standard InChI is InChI=1S/C12H8Cl3N3O2/c1-20-12(19)11-8(15)9(16)7(14)10(18-11)6-3-2-5(13)4-17-6/h2-4H,1H3,(H2,16,18). The highest BCUT2D eigenvalue weighted by molar-refractivity contribution is 6.41. The number of anilines is 1. The van der Waals surface area contributed by atoms with E-state index in [1.165, 1.54) is 13.3 Å². The molecule has 0 aliphatic heterocycles. The third-order valence-electron chi connectivity index (χ3n) is 2.46. The molecular formula is C12H8Cl3N3O2. The third kappa shape index (κ3) is 2.65. The summed E-state index contributed by atoms with van der Waals surface area (Å²) in [6, 6.07) is 3.22. The second-order valence-corrected chi connectivity index (χ2v) is 4.90. The summed E-state index contributed by atoms with van der Waals surface area (Å²) in [5, 5.41) is 0.511. The number of nitrogen functional groups attached to an aromatic ring is 1. The first-order valence-corrected chi connectivity index (χ1v) is 6.43. The van der Waals surface area contributed by atoms with E-state index in [2.05, 4.69) is 14.7 Å². The quantitative estimate of drug-likeness (QED) is 0.852. The van der Waals surface area contributed by atoms with Gasteiger partial charge in [0, 0.05) is 6.20 Å². The molecule has 0 unspecified atom stereocenters. The number of methoxy groups -OCH3 is 1. The maximum atomic E-state index is 11.6. The third-order valence-corrected chi connectivity index (χ3v) is 3.45. The number of rotatable bonds is 2. The molecule has 0 aromatic carbocycles. The van der Waals surface area contributed by atoms with Gasteiger partial charge in [-0.15, -0.1) is 0 Å². The molecule has 0 spiro atoms. The first-order chi connectivity index (χ1) is 9.45. The smallest absolute Gasteiger partial charge is 0.358 e. The van der Waals surface area contributed by atoms with Gasteiger partial charge in [0.2, 0.25) is 0 Å². The fourth-order valence-electron chi connectivity index (χ4n) is 1.48. The van der Waals surface area contributed by atoms with Crippen molar-refractivity contribution in [3.63, 3.8) is 0 Å². The van der Waals surface area contributed by atoms with Gasteiger partial charge in [-0.25, -0.2) is 9.78 Å². The molecule has 104 valence electrons. The Hall–Kier alpha value is -1.56. The van der Waals surface area contributed by atoms with Crippen LogP contribution < -0.4 is 5.73 Å². The highest BCUT2D eigenvalue weighted by Gasteiger charge is 2.22. The summed E-state index contributed by atoms with van der Waals surface area (Å²) in [6.07, 6.45) is 1.43. The normalized spacial score (nSPS) is 10.4. The number of nitrogens with two attached hydrogens (primary N) is 1. The molecule has 20 heavy (non-hydrogen) atoms. The van der Waals surface area contributed by atoms with E-state index >= 15 is 0 Å². The van der Waals surface area contributed by atoms with Gasteiger partial charge in [-0.2, -0.15) is 0 Å². The summed E-state index contributed by atoms with van der Waals surface area (Å²) in [4.78, 5) is 19.8. The minimum Gasteiger partial charge on any atom is -0.464 e. The Balaban J connectivity index is 2.67. The van der Waals surface area contributed by atoms with Gasteiger partial charge in [-0.1, -0.05) is 34.8 Å². The fraction of sp³-hybridized carbons (Fsp3) is 0.0833. The summed E-state index contributed by atoms with van der Waals surface area (Å²) >= 11 is 17.8. The van der Waals surface area contributed by atoms with Gasteiger partial charge in [0.15, 0.2) is 5.69 Å². The van der Waals surface area contributed by atoms with Gasteiger partial charge in [0.1, 0.15) is 5.69 Å². The van der Waals surface area contributed by atoms with Crippen LogP contribution in [0.2, 0.25) is 15.1 Å². The molecule has 2 aromatic heterocycles. The molecule has 0 bridgehead atoms. The van der Waals surface area contributed by atoms with Gasteiger partial charge < -0.3 is 10.5 Å². The average molecular weight is 333 g/mol. The second-order valence-electron chi connectivity index (χ2n) is 3.70. The fourth-order valence-corrected chi connectivity index (χ4v) is 2.09. The Kier molecular flexibility index (Phi) is 4.32. The Morgan fingerprint density at radius 2 is 1.95 bits per heavy atom. The molecule has 0 radical (unpaired) electrons. The Morgan fingerprint density at radius 3 is 2.50 bits per heavy atom. The lowest BCUT2D eigenvalue weighted by Crippen LogP contribution is -2.09. The molecule has 2 N–H and O–H groups in total. The molecule has 0 aliphatic rings. The minimum atomic E-state index is -0.714. The molecule has 0 fully saturated rings. The molecule has 2 aromatic rings.